The molecule has 1 atom stereocenters. The molecule has 2 rings (SSSR count). The maximum Gasteiger partial charge on any atom is 0.242 e. The Morgan fingerprint density at radius 1 is 1.40 bits per heavy atom. The van der Waals surface area contributed by atoms with Crippen molar-refractivity contribution in [3.05, 3.63) is 46.4 Å². The fourth-order valence-electron chi connectivity index (χ4n) is 1.85. The first-order valence-corrected chi connectivity index (χ1v) is 8.54. The van der Waals surface area contributed by atoms with E-state index in [9.17, 15) is 8.42 Å². The van der Waals surface area contributed by atoms with Crippen molar-refractivity contribution in [2.45, 2.75) is 24.4 Å². The number of nitrogens with zero attached hydrogens (tertiary/aromatic N) is 1. The minimum Gasteiger partial charge on any atom is -0.315 e. The molecule has 20 heavy (non-hydrogen) atoms. The zero-order valence-corrected chi connectivity index (χ0v) is 13.0. The van der Waals surface area contributed by atoms with Gasteiger partial charge in [-0.25, -0.2) is 13.1 Å². The Hall–Kier alpha value is -1.28. The number of sulfonamides is 1. The van der Waals surface area contributed by atoms with Crippen LogP contribution in [0.4, 0.5) is 0 Å². The fourth-order valence-corrected chi connectivity index (χ4v) is 4.54. The second kappa shape index (κ2) is 6.45. The van der Waals surface area contributed by atoms with Crippen LogP contribution in [0.5, 0.6) is 0 Å². The van der Waals surface area contributed by atoms with Gasteiger partial charge in [0.2, 0.25) is 10.0 Å². The number of nitrogens with one attached hydrogen (secondary N) is 2. The highest BCUT2D eigenvalue weighted by atomic mass is 32.2. The lowest BCUT2D eigenvalue weighted by Gasteiger charge is -2.14. The van der Waals surface area contributed by atoms with Gasteiger partial charge in [0.25, 0.3) is 0 Å². The predicted molar refractivity (Wildman–Crippen MR) is 80.1 cm³/mol. The first-order chi connectivity index (χ1) is 9.54. The van der Waals surface area contributed by atoms with E-state index in [2.05, 4.69) is 15.0 Å². The van der Waals surface area contributed by atoms with Gasteiger partial charge >= 0.3 is 0 Å². The molecular formula is C13H17N3O2S2. The molecule has 0 aliphatic carbocycles. The van der Waals surface area contributed by atoms with E-state index in [-0.39, 0.29) is 6.04 Å². The second-order valence-electron chi connectivity index (χ2n) is 4.37. The van der Waals surface area contributed by atoms with Gasteiger partial charge in [-0.3, -0.25) is 4.98 Å². The van der Waals surface area contributed by atoms with Crippen LogP contribution in [0.2, 0.25) is 0 Å². The Morgan fingerprint density at radius 2 is 2.20 bits per heavy atom. The molecule has 2 aromatic heterocycles. The quantitative estimate of drug-likeness (QED) is 0.855. The van der Waals surface area contributed by atoms with Gasteiger partial charge in [0.1, 0.15) is 0 Å². The summed E-state index contributed by atoms with van der Waals surface area (Å²) < 4.78 is 27.5. The number of hydrogen-bond acceptors (Lipinski definition) is 5. The summed E-state index contributed by atoms with van der Waals surface area (Å²) in [5, 5.41) is 4.76. The average Bonchev–Trinajstić information content (AvgIpc) is 2.89. The minimum absolute atomic E-state index is 0.323. The molecule has 0 fully saturated rings. The van der Waals surface area contributed by atoms with Crippen LogP contribution >= 0.6 is 11.3 Å². The SMILES string of the molecule is CNCc1sccc1S(=O)(=O)NC(C)c1cccnc1. The summed E-state index contributed by atoms with van der Waals surface area (Å²) in [7, 11) is -1.73. The molecule has 1 unspecified atom stereocenters. The lowest BCUT2D eigenvalue weighted by atomic mass is 10.2. The molecule has 0 spiro atoms. The molecule has 0 amide bonds. The smallest absolute Gasteiger partial charge is 0.242 e. The number of thiophene rings is 1. The molecular weight excluding hydrogens is 294 g/mol. The topological polar surface area (TPSA) is 71.1 Å². The van der Waals surface area contributed by atoms with E-state index in [1.165, 1.54) is 11.3 Å². The summed E-state index contributed by atoms with van der Waals surface area (Å²) >= 11 is 1.43. The van der Waals surface area contributed by atoms with Crippen molar-refractivity contribution >= 4 is 21.4 Å². The highest BCUT2D eigenvalue weighted by Gasteiger charge is 2.22. The van der Waals surface area contributed by atoms with E-state index >= 15 is 0 Å². The highest BCUT2D eigenvalue weighted by Crippen LogP contribution is 2.23. The molecule has 0 bridgehead atoms. The zero-order chi connectivity index (χ0) is 14.6. The zero-order valence-electron chi connectivity index (χ0n) is 11.3. The third kappa shape index (κ3) is 3.43. The van der Waals surface area contributed by atoms with Crippen molar-refractivity contribution in [2.24, 2.45) is 0 Å². The Balaban J connectivity index is 2.21. The van der Waals surface area contributed by atoms with Crippen molar-refractivity contribution in [2.75, 3.05) is 7.05 Å². The second-order valence-corrected chi connectivity index (χ2v) is 7.05. The molecule has 0 radical (unpaired) electrons. The summed E-state index contributed by atoms with van der Waals surface area (Å²) in [5.41, 5.74) is 0.835. The van der Waals surface area contributed by atoms with Crippen LogP contribution in [0.15, 0.2) is 40.9 Å². The first-order valence-electron chi connectivity index (χ1n) is 6.18. The van der Waals surface area contributed by atoms with Gasteiger partial charge in [0.05, 0.1) is 4.90 Å². The standard InChI is InChI=1S/C13H17N3O2S2/c1-10(11-4-3-6-15-8-11)16-20(17,18)13-5-7-19-12(13)9-14-2/h3-8,10,14,16H,9H2,1-2H3. The van der Waals surface area contributed by atoms with Crippen molar-refractivity contribution in [3.8, 4) is 0 Å². The molecule has 0 aromatic carbocycles. The van der Waals surface area contributed by atoms with Crippen molar-refractivity contribution in [1.82, 2.24) is 15.0 Å². The number of pyridine rings is 1. The van der Waals surface area contributed by atoms with E-state index in [0.29, 0.717) is 11.4 Å². The lowest BCUT2D eigenvalue weighted by molar-refractivity contribution is 0.565. The third-order valence-corrected chi connectivity index (χ3v) is 5.52. The Morgan fingerprint density at radius 3 is 2.85 bits per heavy atom. The van der Waals surface area contributed by atoms with E-state index in [1.54, 1.807) is 43.9 Å². The average molecular weight is 311 g/mol. The van der Waals surface area contributed by atoms with Crippen LogP contribution in [0.3, 0.4) is 0 Å². The molecule has 0 aliphatic heterocycles. The van der Waals surface area contributed by atoms with Crippen LogP contribution < -0.4 is 10.0 Å². The van der Waals surface area contributed by atoms with E-state index in [1.807, 2.05) is 6.07 Å². The number of aromatic nitrogens is 1. The molecule has 0 saturated heterocycles. The van der Waals surface area contributed by atoms with Crippen LogP contribution in [0, 0.1) is 0 Å². The van der Waals surface area contributed by atoms with Crippen LogP contribution in [0.25, 0.3) is 0 Å². The van der Waals surface area contributed by atoms with Crippen molar-refractivity contribution in [3.63, 3.8) is 0 Å². The fraction of sp³-hybridized carbons (Fsp3) is 0.308. The molecule has 5 nitrogen and oxygen atoms in total. The highest BCUT2D eigenvalue weighted by molar-refractivity contribution is 7.89. The Labute approximate surface area is 123 Å². The van der Waals surface area contributed by atoms with Crippen molar-refractivity contribution < 1.29 is 8.42 Å². The molecule has 108 valence electrons. The van der Waals surface area contributed by atoms with Gasteiger partial charge in [-0.2, -0.15) is 0 Å². The summed E-state index contributed by atoms with van der Waals surface area (Å²) in [5.74, 6) is 0. The van der Waals surface area contributed by atoms with Gasteiger partial charge in [0.15, 0.2) is 0 Å². The molecule has 2 aromatic rings. The molecule has 0 saturated carbocycles. The van der Waals surface area contributed by atoms with Gasteiger partial charge in [-0.15, -0.1) is 11.3 Å². The predicted octanol–water partition coefficient (Wildman–Crippen LogP) is 1.90. The summed E-state index contributed by atoms with van der Waals surface area (Å²) in [6.45, 7) is 2.34. The van der Waals surface area contributed by atoms with Crippen LogP contribution in [-0.2, 0) is 16.6 Å². The van der Waals surface area contributed by atoms with Gasteiger partial charge in [-0.05, 0) is 37.0 Å². The first kappa shape index (κ1) is 15.1. The maximum absolute atomic E-state index is 12.4. The summed E-state index contributed by atoms with van der Waals surface area (Å²) in [4.78, 5) is 5.15. The van der Waals surface area contributed by atoms with E-state index < -0.39 is 10.0 Å². The third-order valence-electron chi connectivity index (χ3n) is 2.85. The van der Waals surface area contributed by atoms with E-state index in [0.717, 1.165) is 10.4 Å². The lowest BCUT2D eigenvalue weighted by Crippen LogP contribution is -2.27. The van der Waals surface area contributed by atoms with Gasteiger partial charge < -0.3 is 5.32 Å². The van der Waals surface area contributed by atoms with Gasteiger partial charge in [-0.1, -0.05) is 6.07 Å². The van der Waals surface area contributed by atoms with Crippen LogP contribution in [0.1, 0.15) is 23.4 Å². The molecule has 0 aliphatic rings. The largest absolute Gasteiger partial charge is 0.315 e. The molecule has 2 N–H and O–H groups in total. The summed E-state index contributed by atoms with van der Waals surface area (Å²) in [6, 6.07) is 4.95. The van der Waals surface area contributed by atoms with E-state index in [4.69, 9.17) is 0 Å². The number of rotatable bonds is 6. The van der Waals surface area contributed by atoms with Gasteiger partial charge in [0, 0.05) is 29.9 Å². The minimum atomic E-state index is -3.52. The molecule has 2 heterocycles. The monoisotopic (exact) mass is 311 g/mol. The molecule has 7 heteroatoms. The Bertz CT molecular complexity index is 653. The van der Waals surface area contributed by atoms with Crippen molar-refractivity contribution in [1.29, 1.82) is 0 Å². The Kier molecular flexibility index (Phi) is 4.87. The maximum atomic E-state index is 12.4. The normalized spacial score (nSPS) is 13.3. The summed E-state index contributed by atoms with van der Waals surface area (Å²) in [6.07, 6.45) is 3.32. The number of hydrogen-bond donors (Lipinski definition) is 2. The van der Waals surface area contributed by atoms with Crippen LogP contribution in [-0.4, -0.2) is 20.4 Å².